The van der Waals surface area contributed by atoms with Crippen LogP contribution in [-0.4, -0.2) is 11.1 Å². The lowest BCUT2D eigenvalue weighted by Crippen LogP contribution is -2.03. The number of benzene rings is 1. The average molecular weight is 255 g/mol. The first-order valence-electron chi connectivity index (χ1n) is 3.74. The van der Waals surface area contributed by atoms with Gasteiger partial charge in [0, 0.05) is 10.2 Å². The fraction of sp³-hybridized carbons (Fsp3) is 0.111. The van der Waals surface area contributed by atoms with E-state index in [-0.39, 0.29) is 6.42 Å². The van der Waals surface area contributed by atoms with Crippen molar-refractivity contribution >= 4 is 27.6 Å². The Morgan fingerprint density at radius 2 is 2.29 bits per heavy atom. The molecule has 1 rings (SSSR count). The Hall–Kier alpha value is -1.54. The second-order valence-corrected chi connectivity index (χ2v) is 3.57. The van der Waals surface area contributed by atoms with E-state index in [0.717, 1.165) is 0 Å². The standard InChI is InChI=1S/C9H7BrN2O2/c10-8-3-6(12)1-5(2-9(13)14)7(8)4-11/h1,3H,2,12H2,(H,13,14). The normalized spacial score (nSPS) is 9.43. The Kier molecular flexibility index (Phi) is 3.10. The van der Waals surface area contributed by atoms with Crippen molar-refractivity contribution in [1.29, 1.82) is 5.26 Å². The molecule has 0 spiro atoms. The van der Waals surface area contributed by atoms with Crippen LogP contribution in [0.3, 0.4) is 0 Å². The minimum atomic E-state index is -0.987. The SMILES string of the molecule is N#Cc1c(Br)cc(N)cc1CC(=O)O. The van der Waals surface area contributed by atoms with Crippen LogP contribution in [0.4, 0.5) is 5.69 Å². The average Bonchev–Trinajstić information content (AvgIpc) is 2.01. The highest BCUT2D eigenvalue weighted by Crippen LogP contribution is 2.24. The third-order valence-electron chi connectivity index (χ3n) is 1.65. The molecule has 72 valence electrons. The fourth-order valence-electron chi connectivity index (χ4n) is 1.11. The van der Waals surface area contributed by atoms with Crippen molar-refractivity contribution in [2.45, 2.75) is 6.42 Å². The lowest BCUT2D eigenvalue weighted by atomic mass is 10.0. The van der Waals surface area contributed by atoms with Gasteiger partial charge in [0.25, 0.3) is 0 Å². The van der Waals surface area contributed by atoms with Crippen molar-refractivity contribution in [2.24, 2.45) is 0 Å². The fourth-order valence-corrected chi connectivity index (χ4v) is 1.72. The molecule has 3 N–H and O–H groups in total. The maximum atomic E-state index is 10.5. The molecule has 0 radical (unpaired) electrons. The number of hydrogen-bond acceptors (Lipinski definition) is 3. The van der Waals surface area contributed by atoms with E-state index in [1.807, 2.05) is 6.07 Å². The van der Waals surface area contributed by atoms with Gasteiger partial charge >= 0.3 is 5.97 Å². The van der Waals surface area contributed by atoms with Gasteiger partial charge in [0.05, 0.1) is 12.0 Å². The van der Waals surface area contributed by atoms with Crippen molar-refractivity contribution in [1.82, 2.24) is 0 Å². The first-order valence-corrected chi connectivity index (χ1v) is 4.53. The lowest BCUT2D eigenvalue weighted by molar-refractivity contribution is -0.136. The number of aliphatic carboxylic acids is 1. The molecule has 4 nitrogen and oxygen atoms in total. The molecule has 0 unspecified atom stereocenters. The number of hydrogen-bond donors (Lipinski definition) is 2. The van der Waals surface area contributed by atoms with Crippen molar-refractivity contribution in [3.63, 3.8) is 0 Å². The Morgan fingerprint density at radius 3 is 2.79 bits per heavy atom. The molecule has 0 saturated heterocycles. The highest BCUT2D eigenvalue weighted by Gasteiger charge is 2.10. The highest BCUT2D eigenvalue weighted by atomic mass is 79.9. The summed E-state index contributed by atoms with van der Waals surface area (Å²) < 4.78 is 0.524. The van der Waals surface area contributed by atoms with Gasteiger partial charge in [0.1, 0.15) is 6.07 Å². The van der Waals surface area contributed by atoms with E-state index in [9.17, 15) is 4.79 Å². The smallest absolute Gasteiger partial charge is 0.307 e. The minimum absolute atomic E-state index is 0.202. The minimum Gasteiger partial charge on any atom is -0.481 e. The zero-order valence-corrected chi connectivity index (χ0v) is 8.71. The summed E-state index contributed by atoms with van der Waals surface area (Å²) in [6.07, 6.45) is -0.202. The molecular weight excluding hydrogens is 248 g/mol. The third-order valence-corrected chi connectivity index (χ3v) is 2.27. The molecule has 0 atom stereocenters. The van der Waals surface area contributed by atoms with Crippen LogP contribution in [0.15, 0.2) is 16.6 Å². The topological polar surface area (TPSA) is 87.1 Å². The van der Waals surface area contributed by atoms with Crippen molar-refractivity contribution in [2.75, 3.05) is 5.73 Å². The van der Waals surface area contributed by atoms with E-state index in [2.05, 4.69) is 15.9 Å². The van der Waals surface area contributed by atoms with E-state index in [1.54, 1.807) is 6.07 Å². The number of nitrogen functional groups attached to an aromatic ring is 1. The van der Waals surface area contributed by atoms with E-state index < -0.39 is 5.97 Å². The van der Waals surface area contributed by atoms with Crippen LogP contribution in [0, 0.1) is 11.3 Å². The zero-order valence-electron chi connectivity index (χ0n) is 7.12. The van der Waals surface area contributed by atoms with Gasteiger partial charge < -0.3 is 10.8 Å². The van der Waals surface area contributed by atoms with E-state index in [4.69, 9.17) is 16.1 Å². The second kappa shape index (κ2) is 4.11. The largest absolute Gasteiger partial charge is 0.481 e. The molecule has 1 aromatic carbocycles. The third kappa shape index (κ3) is 2.24. The van der Waals surface area contributed by atoms with E-state index in [1.165, 1.54) is 6.07 Å². The Bertz CT molecular complexity index is 424. The number of nitrogens with zero attached hydrogens (tertiary/aromatic N) is 1. The van der Waals surface area contributed by atoms with Crippen LogP contribution in [0.5, 0.6) is 0 Å². The van der Waals surface area contributed by atoms with Crippen molar-refractivity contribution in [3.8, 4) is 6.07 Å². The molecule has 0 heterocycles. The summed E-state index contributed by atoms with van der Waals surface area (Å²) in [5, 5.41) is 17.4. The van der Waals surface area contributed by atoms with Crippen LogP contribution in [0.25, 0.3) is 0 Å². The second-order valence-electron chi connectivity index (χ2n) is 2.72. The van der Waals surface area contributed by atoms with Crippen LogP contribution in [-0.2, 0) is 11.2 Å². The highest BCUT2D eigenvalue weighted by molar-refractivity contribution is 9.10. The molecular formula is C9H7BrN2O2. The zero-order chi connectivity index (χ0) is 10.7. The van der Waals surface area contributed by atoms with Gasteiger partial charge in [0.2, 0.25) is 0 Å². The molecule has 0 saturated carbocycles. The summed E-state index contributed by atoms with van der Waals surface area (Å²) in [5.41, 5.74) is 6.71. The van der Waals surface area contributed by atoms with Crippen LogP contribution in [0.1, 0.15) is 11.1 Å². The quantitative estimate of drug-likeness (QED) is 0.784. The number of halogens is 1. The Morgan fingerprint density at radius 1 is 1.64 bits per heavy atom. The maximum Gasteiger partial charge on any atom is 0.307 e. The number of nitrogens with two attached hydrogens (primary N) is 1. The molecule has 0 aromatic heterocycles. The molecule has 1 aromatic rings. The number of anilines is 1. The molecule has 0 bridgehead atoms. The molecule has 14 heavy (non-hydrogen) atoms. The summed E-state index contributed by atoms with van der Waals surface area (Å²) in [5.74, 6) is -0.987. The lowest BCUT2D eigenvalue weighted by Gasteiger charge is -2.04. The van der Waals surface area contributed by atoms with Gasteiger partial charge in [-0.15, -0.1) is 0 Å². The molecule has 0 aliphatic rings. The summed E-state index contributed by atoms with van der Waals surface area (Å²) in [6.45, 7) is 0. The first-order chi connectivity index (χ1) is 6.54. The number of carboxylic acid groups (broad SMARTS) is 1. The molecule has 0 aliphatic heterocycles. The molecule has 0 amide bonds. The summed E-state index contributed by atoms with van der Waals surface area (Å²) >= 11 is 3.15. The van der Waals surface area contributed by atoms with Crippen molar-refractivity contribution < 1.29 is 9.90 Å². The summed E-state index contributed by atoms with van der Waals surface area (Å²) in [6, 6.07) is 5.00. The maximum absolute atomic E-state index is 10.5. The molecule has 0 aliphatic carbocycles. The van der Waals surface area contributed by atoms with Crippen LogP contribution < -0.4 is 5.73 Å². The Balaban J connectivity index is 3.26. The number of rotatable bonds is 2. The van der Waals surface area contributed by atoms with Gasteiger partial charge in [-0.25, -0.2) is 0 Å². The van der Waals surface area contributed by atoms with Gasteiger partial charge in [-0.05, 0) is 33.6 Å². The van der Waals surface area contributed by atoms with E-state index in [0.29, 0.717) is 21.3 Å². The molecule has 5 heteroatoms. The molecule has 0 fully saturated rings. The Labute approximate surface area is 89.1 Å². The first kappa shape index (κ1) is 10.5. The number of nitriles is 1. The monoisotopic (exact) mass is 254 g/mol. The van der Waals surface area contributed by atoms with Gasteiger partial charge in [-0.3, -0.25) is 4.79 Å². The van der Waals surface area contributed by atoms with Gasteiger partial charge in [-0.2, -0.15) is 5.26 Å². The number of carboxylic acids is 1. The predicted molar refractivity (Wildman–Crippen MR) is 54.6 cm³/mol. The van der Waals surface area contributed by atoms with E-state index >= 15 is 0 Å². The van der Waals surface area contributed by atoms with Crippen LogP contribution in [0.2, 0.25) is 0 Å². The van der Waals surface area contributed by atoms with Gasteiger partial charge in [0.15, 0.2) is 0 Å². The summed E-state index contributed by atoms with van der Waals surface area (Å²) in [7, 11) is 0. The van der Waals surface area contributed by atoms with Crippen LogP contribution >= 0.6 is 15.9 Å². The van der Waals surface area contributed by atoms with Crippen molar-refractivity contribution in [3.05, 3.63) is 27.7 Å². The summed E-state index contributed by atoms with van der Waals surface area (Å²) in [4.78, 5) is 10.5. The number of carbonyl (C=O) groups is 1. The predicted octanol–water partition coefficient (Wildman–Crippen LogP) is 1.53. The van der Waals surface area contributed by atoms with Gasteiger partial charge in [-0.1, -0.05) is 0 Å².